The molecule has 3 heteroatoms. The maximum absolute atomic E-state index is 3.70. The minimum absolute atomic E-state index is 0.488. The van der Waals surface area contributed by atoms with Crippen LogP contribution in [-0.4, -0.2) is 36.6 Å². The third kappa shape index (κ3) is 2.28. The van der Waals surface area contributed by atoms with Gasteiger partial charge in [-0.3, -0.25) is 4.90 Å². The van der Waals surface area contributed by atoms with Gasteiger partial charge < -0.3 is 10.6 Å². The molecule has 108 valence electrons. The smallest absolute Gasteiger partial charge is 0.0310 e. The zero-order valence-corrected chi connectivity index (χ0v) is 12.4. The highest BCUT2D eigenvalue weighted by molar-refractivity contribution is 5.39. The maximum Gasteiger partial charge on any atom is 0.0310 e. The first-order chi connectivity index (χ1) is 9.76. The highest BCUT2D eigenvalue weighted by Crippen LogP contribution is 2.38. The zero-order chi connectivity index (χ0) is 13.6. The summed E-state index contributed by atoms with van der Waals surface area (Å²) < 4.78 is 0. The van der Waals surface area contributed by atoms with Crippen molar-refractivity contribution in [2.24, 2.45) is 0 Å². The summed E-state index contributed by atoms with van der Waals surface area (Å²) in [4.78, 5) is 2.66. The number of benzene rings is 1. The lowest BCUT2D eigenvalue weighted by atomic mass is 9.91. The second-order valence-corrected chi connectivity index (χ2v) is 6.83. The molecule has 0 aromatic heterocycles. The van der Waals surface area contributed by atoms with Crippen LogP contribution in [0.1, 0.15) is 42.5 Å². The van der Waals surface area contributed by atoms with Crippen LogP contribution >= 0.6 is 0 Å². The van der Waals surface area contributed by atoms with Crippen molar-refractivity contribution >= 4 is 0 Å². The molecule has 0 bridgehead atoms. The van der Waals surface area contributed by atoms with Crippen molar-refractivity contribution in [1.82, 2.24) is 15.5 Å². The molecule has 3 nitrogen and oxygen atoms in total. The Hall–Kier alpha value is -0.900. The van der Waals surface area contributed by atoms with Gasteiger partial charge >= 0.3 is 0 Å². The topological polar surface area (TPSA) is 27.3 Å². The first-order valence-corrected chi connectivity index (χ1v) is 8.07. The van der Waals surface area contributed by atoms with E-state index < -0.39 is 0 Å². The van der Waals surface area contributed by atoms with Crippen molar-refractivity contribution < 1.29 is 0 Å². The molecule has 0 radical (unpaired) electrons. The van der Waals surface area contributed by atoms with Crippen molar-refractivity contribution in [3.05, 3.63) is 34.9 Å². The van der Waals surface area contributed by atoms with Crippen molar-refractivity contribution in [3.63, 3.8) is 0 Å². The number of nitrogens with one attached hydrogen (secondary N) is 2. The number of fused-ring (bicyclic) bond motifs is 1. The van der Waals surface area contributed by atoms with Crippen molar-refractivity contribution in [3.8, 4) is 0 Å². The van der Waals surface area contributed by atoms with E-state index in [1.165, 1.54) is 37.9 Å². The molecule has 1 unspecified atom stereocenters. The van der Waals surface area contributed by atoms with Crippen LogP contribution in [0.5, 0.6) is 0 Å². The normalized spacial score (nSPS) is 28.4. The van der Waals surface area contributed by atoms with E-state index in [-0.39, 0.29) is 0 Å². The fourth-order valence-electron chi connectivity index (χ4n) is 3.94. The van der Waals surface area contributed by atoms with E-state index in [1.54, 1.807) is 11.1 Å². The second-order valence-electron chi connectivity index (χ2n) is 6.83. The standard InChI is InChI=1S/C17H25N3/c1-13-15-4-2-3-14(16(15)5-8-18-13)11-20-10-9-19-17(12-20)6-7-17/h2-4,13,18-19H,5-12H2,1H3. The fourth-order valence-corrected chi connectivity index (χ4v) is 3.94. The van der Waals surface area contributed by atoms with Gasteiger partial charge in [0.1, 0.15) is 0 Å². The Morgan fingerprint density at radius 2 is 2.20 bits per heavy atom. The number of hydrogen-bond acceptors (Lipinski definition) is 3. The minimum Gasteiger partial charge on any atom is -0.310 e. The molecule has 1 spiro atoms. The van der Waals surface area contributed by atoms with Gasteiger partial charge in [-0.15, -0.1) is 0 Å². The molecule has 2 aliphatic heterocycles. The molecule has 1 atom stereocenters. The SMILES string of the molecule is CC1NCCc2c(CN3CCNC4(CC4)C3)cccc21. The lowest BCUT2D eigenvalue weighted by Crippen LogP contribution is -2.52. The summed E-state index contributed by atoms with van der Waals surface area (Å²) in [6.07, 6.45) is 3.93. The van der Waals surface area contributed by atoms with Gasteiger partial charge in [-0.1, -0.05) is 18.2 Å². The van der Waals surface area contributed by atoms with Crippen LogP contribution in [0.3, 0.4) is 0 Å². The summed E-state index contributed by atoms with van der Waals surface area (Å²) in [5, 5.41) is 7.27. The van der Waals surface area contributed by atoms with Gasteiger partial charge in [0.15, 0.2) is 0 Å². The first kappa shape index (κ1) is 12.8. The second kappa shape index (κ2) is 4.83. The molecule has 1 saturated carbocycles. The van der Waals surface area contributed by atoms with Gasteiger partial charge in [0.05, 0.1) is 0 Å². The molecule has 2 heterocycles. The molecular formula is C17H25N3. The lowest BCUT2D eigenvalue weighted by molar-refractivity contribution is 0.181. The Labute approximate surface area is 121 Å². The fraction of sp³-hybridized carbons (Fsp3) is 0.647. The summed E-state index contributed by atoms with van der Waals surface area (Å²) >= 11 is 0. The Bertz CT molecular complexity index is 507. The average Bonchev–Trinajstić information content (AvgIpc) is 3.19. The minimum atomic E-state index is 0.488. The monoisotopic (exact) mass is 271 g/mol. The lowest BCUT2D eigenvalue weighted by Gasteiger charge is -2.35. The third-order valence-electron chi connectivity index (χ3n) is 5.30. The van der Waals surface area contributed by atoms with E-state index in [2.05, 4.69) is 40.7 Å². The van der Waals surface area contributed by atoms with Gasteiger partial charge in [0.2, 0.25) is 0 Å². The number of hydrogen-bond donors (Lipinski definition) is 2. The Morgan fingerprint density at radius 3 is 3.05 bits per heavy atom. The predicted molar refractivity (Wildman–Crippen MR) is 81.8 cm³/mol. The van der Waals surface area contributed by atoms with E-state index in [9.17, 15) is 0 Å². The van der Waals surface area contributed by atoms with Gasteiger partial charge in [-0.25, -0.2) is 0 Å². The molecule has 4 rings (SSSR count). The molecule has 0 amide bonds. The van der Waals surface area contributed by atoms with Crippen LogP contribution < -0.4 is 10.6 Å². The van der Waals surface area contributed by atoms with Crippen LogP contribution in [0, 0.1) is 0 Å². The third-order valence-corrected chi connectivity index (χ3v) is 5.30. The van der Waals surface area contributed by atoms with Crippen molar-refractivity contribution in [2.45, 2.75) is 44.3 Å². The number of nitrogens with zero attached hydrogens (tertiary/aromatic N) is 1. The molecule has 2 fully saturated rings. The van der Waals surface area contributed by atoms with Crippen LogP contribution in [0.4, 0.5) is 0 Å². The van der Waals surface area contributed by atoms with Crippen molar-refractivity contribution in [2.75, 3.05) is 26.2 Å². The summed E-state index contributed by atoms with van der Waals surface area (Å²) in [5.41, 5.74) is 5.18. The van der Waals surface area contributed by atoms with E-state index in [1.807, 2.05) is 0 Å². The Balaban J connectivity index is 1.55. The number of piperazine rings is 1. The molecule has 3 aliphatic rings. The molecule has 1 aromatic carbocycles. The summed E-state index contributed by atoms with van der Waals surface area (Å²) in [6.45, 7) is 8.14. The predicted octanol–water partition coefficient (Wildman–Crippen LogP) is 1.83. The maximum atomic E-state index is 3.70. The average molecular weight is 271 g/mol. The van der Waals surface area contributed by atoms with Gasteiger partial charge in [-0.05, 0) is 49.4 Å². The van der Waals surface area contributed by atoms with Crippen LogP contribution in [0.15, 0.2) is 18.2 Å². The van der Waals surface area contributed by atoms with Gasteiger partial charge in [0.25, 0.3) is 0 Å². The largest absolute Gasteiger partial charge is 0.310 e. The Kier molecular flexibility index (Phi) is 3.09. The van der Waals surface area contributed by atoms with Crippen molar-refractivity contribution in [1.29, 1.82) is 0 Å². The Morgan fingerprint density at radius 1 is 1.30 bits per heavy atom. The molecule has 2 N–H and O–H groups in total. The molecule has 1 aliphatic carbocycles. The van der Waals surface area contributed by atoms with E-state index >= 15 is 0 Å². The van der Waals surface area contributed by atoms with E-state index in [4.69, 9.17) is 0 Å². The quantitative estimate of drug-likeness (QED) is 0.859. The molecule has 20 heavy (non-hydrogen) atoms. The number of rotatable bonds is 2. The van der Waals surface area contributed by atoms with Crippen LogP contribution in [0.25, 0.3) is 0 Å². The molecule has 1 aromatic rings. The molecular weight excluding hydrogens is 246 g/mol. The zero-order valence-electron chi connectivity index (χ0n) is 12.4. The highest BCUT2D eigenvalue weighted by atomic mass is 15.2. The van der Waals surface area contributed by atoms with Crippen LogP contribution in [0.2, 0.25) is 0 Å². The van der Waals surface area contributed by atoms with E-state index in [0.29, 0.717) is 11.6 Å². The summed E-state index contributed by atoms with van der Waals surface area (Å²) in [6, 6.07) is 7.40. The highest BCUT2D eigenvalue weighted by Gasteiger charge is 2.45. The summed E-state index contributed by atoms with van der Waals surface area (Å²) in [5.74, 6) is 0. The van der Waals surface area contributed by atoms with Gasteiger partial charge in [-0.2, -0.15) is 0 Å². The van der Waals surface area contributed by atoms with E-state index in [0.717, 1.165) is 19.6 Å². The molecule has 1 saturated heterocycles. The van der Waals surface area contributed by atoms with Crippen LogP contribution in [-0.2, 0) is 13.0 Å². The first-order valence-electron chi connectivity index (χ1n) is 8.07. The van der Waals surface area contributed by atoms with Gasteiger partial charge in [0, 0.05) is 37.8 Å². The summed E-state index contributed by atoms with van der Waals surface area (Å²) in [7, 11) is 0.